The summed E-state index contributed by atoms with van der Waals surface area (Å²) >= 11 is 0. The molecule has 0 spiro atoms. The van der Waals surface area contributed by atoms with Crippen LogP contribution in [0, 0.1) is 17.2 Å². The van der Waals surface area contributed by atoms with Crippen molar-refractivity contribution in [1.82, 2.24) is 0 Å². The SMILES string of the molecule is CC1CCC(Nc2ccc(C#N)cc2)CC1. The van der Waals surface area contributed by atoms with Crippen LogP contribution < -0.4 is 5.32 Å². The highest BCUT2D eigenvalue weighted by Gasteiger charge is 2.17. The summed E-state index contributed by atoms with van der Waals surface area (Å²) in [4.78, 5) is 0. The monoisotopic (exact) mass is 214 g/mol. The van der Waals surface area contributed by atoms with Crippen LogP contribution in [0.2, 0.25) is 0 Å². The Morgan fingerprint density at radius 3 is 2.31 bits per heavy atom. The number of hydrogen-bond acceptors (Lipinski definition) is 2. The molecule has 1 aromatic rings. The molecular formula is C14H18N2. The molecule has 0 aromatic heterocycles. The highest BCUT2D eigenvalue weighted by molar-refractivity contribution is 5.47. The fraction of sp³-hybridized carbons (Fsp3) is 0.500. The standard InChI is InChI=1S/C14H18N2/c1-11-2-6-13(7-3-11)16-14-8-4-12(10-15)5-9-14/h4-5,8-9,11,13,16H,2-3,6-7H2,1H3. The average molecular weight is 214 g/mol. The first-order valence-corrected chi connectivity index (χ1v) is 6.04. The van der Waals surface area contributed by atoms with E-state index in [4.69, 9.17) is 5.26 Å². The first-order valence-electron chi connectivity index (χ1n) is 6.04. The molecule has 0 unspecified atom stereocenters. The number of nitrogens with one attached hydrogen (secondary N) is 1. The number of benzene rings is 1. The zero-order valence-electron chi connectivity index (χ0n) is 9.74. The van der Waals surface area contributed by atoms with Crippen LogP contribution in [0.5, 0.6) is 0 Å². The minimum absolute atomic E-state index is 0.615. The molecule has 0 amide bonds. The Labute approximate surface area is 97.3 Å². The van der Waals surface area contributed by atoms with Gasteiger partial charge in [-0.05, 0) is 55.9 Å². The van der Waals surface area contributed by atoms with Gasteiger partial charge < -0.3 is 5.32 Å². The summed E-state index contributed by atoms with van der Waals surface area (Å²) in [6, 6.07) is 10.5. The predicted octanol–water partition coefficient (Wildman–Crippen LogP) is 3.55. The first-order chi connectivity index (χ1) is 7.78. The van der Waals surface area contributed by atoms with E-state index in [0.717, 1.165) is 17.2 Å². The molecule has 1 aromatic carbocycles. The highest BCUT2D eigenvalue weighted by atomic mass is 14.9. The third-order valence-corrected chi connectivity index (χ3v) is 3.40. The predicted molar refractivity (Wildman–Crippen MR) is 66.2 cm³/mol. The first kappa shape index (κ1) is 11.0. The van der Waals surface area contributed by atoms with Gasteiger partial charge in [0, 0.05) is 11.7 Å². The molecule has 2 nitrogen and oxygen atoms in total. The van der Waals surface area contributed by atoms with Crippen molar-refractivity contribution in [3.8, 4) is 6.07 Å². The summed E-state index contributed by atoms with van der Waals surface area (Å²) in [5.74, 6) is 0.888. The number of anilines is 1. The van der Waals surface area contributed by atoms with Gasteiger partial charge in [0.1, 0.15) is 0 Å². The van der Waals surface area contributed by atoms with Gasteiger partial charge in [-0.2, -0.15) is 5.26 Å². The molecule has 16 heavy (non-hydrogen) atoms. The van der Waals surface area contributed by atoms with Gasteiger partial charge in [0.05, 0.1) is 11.6 Å². The molecule has 2 rings (SSSR count). The molecule has 84 valence electrons. The van der Waals surface area contributed by atoms with Gasteiger partial charge in [-0.25, -0.2) is 0 Å². The second-order valence-corrected chi connectivity index (χ2v) is 4.79. The van der Waals surface area contributed by atoms with E-state index in [0.29, 0.717) is 6.04 Å². The van der Waals surface area contributed by atoms with Gasteiger partial charge in [0.2, 0.25) is 0 Å². The summed E-state index contributed by atoms with van der Waals surface area (Å²) in [5.41, 5.74) is 1.86. The van der Waals surface area contributed by atoms with Crippen LogP contribution in [0.4, 0.5) is 5.69 Å². The molecule has 2 heteroatoms. The Kier molecular flexibility index (Phi) is 3.46. The van der Waals surface area contributed by atoms with Gasteiger partial charge in [0.15, 0.2) is 0 Å². The number of nitrogens with zero attached hydrogens (tertiary/aromatic N) is 1. The van der Waals surface area contributed by atoms with Crippen LogP contribution in [0.3, 0.4) is 0 Å². The number of nitriles is 1. The van der Waals surface area contributed by atoms with Crippen LogP contribution in [0.15, 0.2) is 24.3 Å². The summed E-state index contributed by atoms with van der Waals surface area (Å²) in [7, 11) is 0. The number of hydrogen-bond donors (Lipinski definition) is 1. The van der Waals surface area contributed by atoms with Gasteiger partial charge in [-0.1, -0.05) is 6.92 Å². The van der Waals surface area contributed by atoms with Crippen LogP contribution >= 0.6 is 0 Å². The van der Waals surface area contributed by atoms with E-state index in [9.17, 15) is 0 Å². The molecule has 0 bridgehead atoms. The lowest BCUT2D eigenvalue weighted by Gasteiger charge is -2.27. The van der Waals surface area contributed by atoms with Crippen molar-refractivity contribution >= 4 is 5.69 Å². The van der Waals surface area contributed by atoms with E-state index in [1.807, 2.05) is 24.3 Å². The van der Waals surface area contributed by atoms with Crippen molar-refractivity contribution < 1.29 is 0 Å². The van der Waals surface area contributed by atoms with Crippen molar-refractivity contribution in [2.24, 2.45) is 5.92 Å². The van der Waals surface area contributed by atoms with E-state index in [2.05, 4.69) is 18.3 Å². The van der Waals surface area contributed by atoms with E-state index >= 15 is 0 Å². The Morgan fingerprint density at radius 1 is 1.12 bits per heavy atom. The largest absolute Gasteiger partial charge is 0.382 e. The molecule has 1 aliphatic rings. The van der Waals surface area contributed by atoms with Gasteiger partial charge >= 0.3 is 0 Å². The van der Waals surface area contributed by atoms with Crippen molar-refractivity contribution in [1.29, 1.82) is 5.26 Å². The zero-order valence-corrected chi connectivity index (χ0v) is 9.74. The summed E-state index contributed by atoms with van der Waals surface area (Å²) in [5, 5.41) is 12.3. The van der Waals surface area contributed by atoms with Crippen LogP contribution in [-0.2, 0) is 0 Å². The summed E-state index contributed by atoms with van der Waals surface area (Å²) in [6.45, 7) is 2.33. The lowest BCUT2D eigenvalue weighted by atomic mass is 9.87. The number of rotatable bonds is 2. The maximum Gasteiger partial charge on any atom is 0.0991 e. The second kappa shape index (κ2) is 5.03. The highest BCUT2D eigenvalue weighted by Crippen LogP contribution is 2.25. The fourth-order valence-electron chi connectivity index (χ4n) is 2.28. The molecule has 0 aliphatic heterocycles. The summed E-state index contributed by atoms with van der Waals surface area (Å²) < 4.78 is 0. The maximum absolute atomic E-state index is 8.71. The molecule has 1 saturated carbocycles. The molecule has 1 aliphatic carbocycles. The molecular weight excluding hydrogens is 196 g/mol. The van der Waals surface area contributed by atoms with Gasteiger partial charge in [-0.3, -0.25) is 0 Å². The van der Waals surface area contributed by atoms with Crippen molar-refractivity contribution in [2.75, 3.05) is 5.32 Å². The molecule has 0 heterocycles. The zero-order chi connectivity index (χ0) is 11.4. The van der Waals surface area contributed by atoms with Crippen LogP contribution in [0.25, 0.3) is 0 Å². The second-order valence-electron chi connectivity index (χ2n) is 4.79. The van der Waals surface area contributed by atoms with Crippen LogP contribution in [-0.4, -0.2) is 6.04 Å². The topological polar surface area (TPSA) is 35.8 Å². The minimum Gasteiger partial charge on any atom is -0.382 e. The molecule has 1 N–H and O–H groups in total. The lowest BCUT2D eigenvalue weighted by Crippen LogP contribution is -2.25. The fourth-order valence-corrected chi connectivity index (χ4v) is 2.28. The third-order valence-electron chi connectivity index (χ3n) is 3.40. The summed E-state index contributed by atoms with van der Waals surface area (Å²) in [6.07, 6.45) is 5.18. The van der Waals surface area contributed by atoms with Crippen LogP contribution in [0.1, 0.15) is 38.2 Å². The minimum atomic E-state index is 0.615. The van der Waals surface area contributed by atoms with E-state index in [-0.39, 0.29) is 0 Å². The Hall–Kier alpha value is -1.49. The molecule has 0 radical (unpaired) electrons. The maximum atomic E-state index is 8.71. The lowest BCUT2D eigenvalue weighted by molar-refractivity contribution is 0.361. The smallest absolute Gasteiger partial charge is 0.0991 e. The quantitative estimate of drug-likeness (QED) is 0.817. The van der Waals surface area contributed by atoms with Gasteiger partial charge in [0.25, 0.3) is 0 Å². The Bertz CT molecular complexity index is 367. The molecule has 1 fully saturated rings. The van der Waals surface area contributed by atoms with Crippen molar-refractivity contribution in [3.63, 3.8) is 0 Å². The normalized spacial score (nSPS) is 24.8. The Balaban J connectivity index is 1.91. The van der Waals surface area contributed by atoms with Crippen molar-refractivity contribution in [3.05, 3.63) is 29.8 Å². The van der Waals surface area contributed by atoms with E-state index in [1.165, 1.54) is 25.7 Å². The van der Waals surface area contributed by atoms with E-state index in [1.54, 1.807) is 0 Å². The molecule has 0 atom stereocenters. The molecule has 0 saturated heterocycles. The Morgan fingerprint density at radius 2 is 1.75 bits per heavy atom. The average Bonchev–Trinajstić information content (AvgIpc) is 2.33. The van der Waals surface area contributed by atoms with Crippen molar-refractivity contribution in [2.45, 2.75) is 38.6 Å². The van der Waals surface area contributed by atoms with Gasteiger partial charge in [-0.15, -0.1) is 0 Å². The van der Waals surface area contributed by atoms with E-state index < -0.39 is 0 Å². The third kappa shape index (κ3) is 2.76.